The van der Waals surface area contributed by atoms with E-state index >= 15 is 0 Å². The number of hydrogen-bond donors (Lipinski definition) is 1. The lowest BCUT2D eigenvalue weighted by Crippen LogP contribution is -2.09. The van der Waals surface area contributed by atoms with Gasteiger partial charge < -0.3 is 10.5 Å². The van der Waals surface area contributed by atoms with Crippen LogP contribution in [-0.2, 0) is 6.54 Å². The van der Waals surface area contributed by atoms with Crippen LogP contribution in [0.25, 0.3) is 0 Å². The molecule has 0 saturated heterocycles. The van der Waals surface area contributed by atoms with Gasteiger partial charge in [0.25, 0.3) is 0 Å². The molecule has 0 saturated carbocycles. The van der Waals surface area contributed by atoms with E-state index in [1.165, 1.54) is 0 Å². The molecule has 0 aliphatic heterocycles. The molecule has 2 N–H and O–H groups in total. The van der Waals surface area contributed by atoms with Crippen LogP contribution in [0.1, 0.15) is 16.7 Å². The molecule has 4 nitrogen and oxygen atoms in total. The largest absolute Gasteiger partial charge is 0.491 e. The van der Waals surface area contributed by atoms with E-state index in [1.54, 1.807) is 0 Å². The molecule has 1 aromatic carbocycles. The minimum Gasteiger partial charge on any atom is -0.491 e. The highest BCUT2D eigenvalue weighted by Crippen LogP contribution is 2.24. The van der Waals surface area contributed by atoms with Gasteiger partial charge in [0, 0.05) is 18.0 Å². The molecule has 0 fully saturated rings. The SMILES string of the molecule is Cc1cnn(CCOc2cc(N)c(C)cc2C)c1. The number of rotatable bonds is 4. The molecule has 4 heteroatoms. The smallest absolute Gasteiger partial charge is 0.124 e. The first-order valence-electron chi connectivity index (χ1n) is 6.05. The van der Waals surface area contributed by atoms with Crippen molar-refractivity contribution in [2.75, 3.05) is 12.3 Å². The Morgan fingerprint density at radius 2 is 2.00 bits per heavy atom. The summed E-state index contributed by atoms with van der Waals surface area (Å²) in [5.41, 5.74) is 10.0. The molecule has 1 heterocycles. The minimum atomic E-state index is 0.588. The first-order chi connectivity index (χ1) is 8.56. The van der Waals surface area contributed by atoms with Gasteiger partial charge in [-0.15, -0.1) is 0 Å². The van der Waals surface area contributed by atoms with Crippen molar-refractivity contribution in [1.82, 2.24) is 9.78 Å². The van der Waals surface area contributed by atoms with Crippen molar-refractivity contribution in [2.24, 2.45) is 0 Å². The van der Waals surface area contributed by atoms with Crippen LogP contribution in [0.4, 0.5) is 5.69 Å². The summed E-state index contributed by atoms with van der Waals surface area (Å²) in [6, 6.07) is 3.93. The van der Waals surface area contributed by atoms with Gasteiger partial charge in [-0.2, -0.15) is 5.10 Å². The van der Waals surface area contributed by atoms with E-state index in [-0.39, 0.29) is 0 Å². The summed E-state index contributed by atoms with van der Waals surface area (Å²) in [6.07, 6.45) is 3.84. The molecular formula is C14H19N3O. The predicted octanol–water partition coefficient (Wildman–Crippen LogP) is 2.47. The van der Waals surface area contributed by atoms with E-state index in [0.29, 0.717) is 6.61 Å². The number of nitrogen functional groups attached to an aromatic ring is 1. The summed E-state index contributed by atoms with van der Waals surface area (Å²) >= 11 is 0. The molecule has 2 aromatic rings. The Bertz CT molecular complexity index is 546. The molecule has 2 rings (SSSR count). The van der Waals surface area contributed by atoms with Gasteiger partial charge in [-0.05, 0) is 37.5 Å². The van der Waals surface area contributed by atoms with E-state index in [9.17, 15) is 0 Å². The zero-order valence-electron chi connectivity index (χ0n) is 11.1. The van der Waals surface area contributed by atoms with Crippen molar-refractivity contribution < 1.29 is 4.74 Å². The number of aromatic nitrogens is 2. The lowest BCUT2D eigenvalue weighted by Gasteiger charge is -2.11. The van der Waals surface area contributed by atoms with Gasteiger partial charge in [0.1, 0.15) is 12.4 Å². The van der Waals surface area contributed by atoms with Crippen molar-refractivity contribution in [3.05, 3.63) is 41.2 Å². The molecule has 0 amide bonds. The van der Waals surface area contributed by atoms with Gasteiger partial charge in [0.05, 0.1) is 12.7 Å². The minimum absolute atomic E-state index is 0.588. The Labute approximate surface area is 107 Å². The van der Waals surface area contributed by atoms with E-state index in [0.717, 1.165) is 34.7 Å². The summed E-state index contributed by atoms with van der Waals surface area (Å²) in [4.78, 5) is 0. The highest BCUT2D eigenvalue weighted by molar-refractivity contribution is 5.54. The van der Waals surface area contributed by atoms with Crippen LogP contribution in [0.15, 0.2) is 24.5 Å². The fourth-order valence-electron chi connectivity index (χ4n) is 1.84. The van der Waals surface area contributed by atoms with Gasteiger partial charge in [-0.3, -0.25) is 4.68 Å². The molecule has 0 spiro atoms. The third-order valence-corrected chi connectivity index (χ3v) is 2.90. The van der Waals surface area contributed by atoms with Crippen LogP contribution in [0, 0.1) is 20.8 Å². The molecule has 0 atom stereocenters. The number of anilines is 1. The van der Waals surface area contributed by atoms with Crippen molar-refractivity contribution in [1.29, 1.82) is 0 Å². The summed E-state index contributed by atoms with van der Waals surface area (Å²) < 4.78 is 7.62. The summed E-state index contributed by atoms with van der Waals surface area (Å²) in [5, 5.41) is 4.21. The number of hydrogen-bond acceptors (Lipinski definition) is 3. The second-order valence-electron chi connectivity index (χ2n) is 4.60. The Kier molecular flexibility index (Phi) is 3.55. The molecule has 0 aliphatic carbocycles. The van der Waals surface area contributed by atoms with Gasteiger partial charge >= 0.3 is 0 Å². The molecular weight excluding hydrogens is 226 g/mol. The van der Waals surface area contributed by atoms with Crippen molar-refractivity contribution in [3.8, 4) is 5.75 Å². The van der Waals surface area contributed by atoms with Crippen molar-refractivity contribution in [3.63, 3.8) is 0 Å². The van der Waals surface area contributed by atoms with Crippen LogP contribution in [0.3, 0.4) is 0 Å². The quantitative estimate of drug-likeness (QED) is 0.842. The van der Waals surface area contributed by atoms with E-state index < -0.39 is 0 Å². The third kappa shape index (κ3) is 2.83. The van der Waals surface area contributed by atoms with E-state index in [4.69, 9.17) is 10.5 Å². The maximum absolute atomic E-state index is 5.88. The first kappa shape index (κ1) is 12.5. The Hall–Kier alpha value is -1.97. The normalized spacial score (nSPS) is 10.6. The average molecular weight is 245 g/mol. The van der Waals surface area contributed by atoms with E-state index in [1.807, 2.05) is 50.0 Å². The molecule has 0 unspecified atom stereocenters. The summed E-state index contributed by atoms with van der Waals surface area (Å²) in [7, 11) is 0. The van der Waals surface area contributed by atoms with Crippen LogP contribution in [0.5, 0.6) is 5.75 Å². The maximum Gasteiger partial charge on any atom is 0.124 e. The highest BCUT2D eigenvalue weighted by Gasteiger charge is 2.03. The molecule has 0 bridgehead atoms. The third-order valence-electron chi connectivity index (χ3n) is 2.90. The maximum atomic E-state index is 5.88. The topological polar surface area (TPSA) is 53.1 Å². The lowest BCUT2D eigenvalue weighted by atomic mass is 10.1. The predicted molar refractivity (Wildman–Crippen MR) is 72.8 cm³/mol. The summed E-state index contributed by atoms with van der Waals surface area (Å²) in [5.74, 6) is 0.849. The molecule has 0 radical (unpaired) electrons. The van der Waals surface area contributed by atoms with Crippen molar-refractivity contribution >= 4 is 5.69 Å². The molecule has 18 heavy (non-hydrogen) atoms. The van der Waals surface area contributed by atoms with Gasteiger partial charge in [0.2, 0.25) is 0 Å². The number of nitrogens with zero attached hydrogens (tertiary/aromatic N) is 2. The number of benzene rings is 1. The lowest BCUT2D eigenvalue weighted by molar-refractivity contribution is 0.289. The monoisotopic (exact) mass is 245 g/mol. The standard InChI is InChI=1S/C14H19N3O/c1-10-8-16-17(9-10)4-5-18-14-7-13(15)11(2)6-12(14)3/h6-9H,4-5,15H2,1-3H3. The fraction of sp³-hybridized carbons (Fsp3) is 0.357. The van der Waals surface area contributed by atoms with Crippen LogP contribution >= 0.6 is 0 Å². The first-order valence-corrected chi connectivity index (χ1v) is 6.05. The molecule has 96 valence electrons. The number of nitrogens with two attached hydrogens (primary N) is 1. The van der Waals surface area contributed by atoms with Gasteiger partial charge in [0.15, 0.2) is 0 Å². The summed E-state index contributed by atoms with van der Waals surface area (Å²) in [6.45, 7) is 7.37. The number of aryl methyl sites for hydroxylation is 3. The van der Waals surface area contributed by atoms with Gasteiger partial charge in [-0.25, -0.2) is 0 Å². The van der Waals surface area contributed by atoms with E-state index in [2.05, 4.69) is 5.10 Å². The highest BCUT2D eigenvalue weighted by atomic mass is 16.5. The van der Waals surface area contributed by atoms with Crippen LogP contribution < -0.4 is 10.5 Å². The molecule has 0 aliphatic rings. The zero-order chi connectivity index (χ0) is 13.1. The fourth-order valence-corrected chi connectivity index (χ4v) is 1.84. The van der Waals surface area contributed by atoms with Crippen molar-refractivity contribution in [2.45, 2.75) is 27.3 Å². The Morgan fingerprint density at radius 3 is 2.67 bits per heavy atom. The Morgan fingerprint density at radius 1 is 1.22 bits per heavy atom. The Balaban J connectivity index is 1.96. The zero-order valence-corrected chi connectivity index (χ0v) is 11.1. The van der Waals surface area contributed by atoms with Crippen LogP contribution in [0.2, 0.25) is 0 Å². The average Bonchev–Trinajstić information content (AvgIpc) is 2.71. The second-order valence-corrected chi connectivity index (χ2v) is 4.60. The molecule has 1 aromatic heterocycles. The van der Waals surface area contributed by atoms with Gasteiger partial charge in [-0.1, -0.05) is 6.07 Å². The number of ether oxygens (including phenoxy) is 1. The van der Waals surface area contributed by atoms with Crippen LogP contribution in [-0.4, -0.2) is 16.4 Å². The second kappa shape index (κ2) is 5.12.